The molecule has 0 spiro atoms. The molecule has 30 heavy (non-hydrogen) atoms. The van der Waals surface area contributed by atoms with Crippen molar-refractivity contribution >= 4 is 5.69 Å². The minimum Gasteiger partial charge on any atom is -0.494 e. The van der Waals surface area contributed by atoms with E-state index in [2.05, 4.69) is 47.0 Å². The SMILES string of the molecule is COCCCOc1ccc(C2CCNC[C@@H]2OCc2ccc3c(c2)NCCO3)cc1. The number of nitrogens with one attached hydrogen (secondary N) is 2. The van der Waals surface area contributed by atoms with Crippen LogP contribution in [0.4, 0.5) is 5.69 Å². The molecule has 6 nitrogen and oxygen atoms in total. The highest BCUT2D eigenvalue weighted by Crippen LogP contribution is 2.31. The molecule has 162 valence electrons. The van der Waals surface area contributed by atoms with Gasteiger partial charge in [-0.15, -0.1) is 0 Å². The van der Waals surface area contributed by atoms with Crippen LogP contribution in [0.1, 0.15) is 29.9 Å². The Labute approximate surface area is 178 Å². The van der Waals surface area contributed by atoms with E-state index in [1.807, 2.05) is 6.07 Å². The van der Waals surface area contributed by atoms with E-state index >= 15 is 0 Å². The minimum atomic E-state index is 0.146. The first-order valence-electron chi connectivity index (χ1n) is 10.9. The monoisotopic (exact) mass is 412 g/mol. The first-order chi connectivity index (χ1) is 14.8. The zero-order chi connectivity index (χ0) is 20.6. The Kier molecular flexibility index (Phi) is 7.45. The van der Waals surface area contributed by atoms with Gasteiger partial charge in [0.25, 0.3) is 0 Å². The van der Waals surface area contributed by atoms with Crippen LogP contribution in [0.15, 0.2) is 42.5 Å². The van der Waals surface area contributed by atoms with Gasteiger partial charge in [-0.3, -0.25) is 0 Å². The first-order valence-corrected chi connectivity index (χ1v) is 10.9. The zero-order valence-corrected chi connectivity index (χ0v) is 17.7. The third kappa shape index (κ3) is 5.45. The summed E-state index contributed by atoms with van der Waals surface area (Å²) in [7, 11) is 1.71. The van der Waals surface area contributed by atoms with Crippen molar-refractivity contribution in [3.05, 3.63) is 53.6 Å². The Hall–Kier alpha value is -2.28. The van der Waals surface area contributed by atoms with Crippen LogP contribution in [0, 0.1) is 0 Å². The number of ether oxygens (including phenoxy) is 4. The highest BCUT2D eigenvalue weighted by Gasteiger charge is 2.27. The van der Waals surface area contributed by atoms with Gasteiger partial charge in [0, 0.05) is 39.1 Å². The summed E-state index contributed by atoms with van der Waals surface area (Å²) >= 11 is 0. The molecule has 6 heteroatoms. The van der Waals surface area contributed by atoms with Gasteiger partial charge in [-0.25, -0.2) is 0 Å². The number of fused-ring (bicyclic) bond motifs is 1. The molecular formula is C24H32N2O4. The molecule has 2 atom stereocenters. The maximum atomic E-state index is 6.37. The third-order valence-electron chi connectivity index (χ3n) is 5.68. The van der Waals surface area contributed by atoms with E-state index < -0.39 is 0 Å². The van der Waals surface area contributed by atoms with E-state index in [-0.39, 0.29) is 6.10 Å². The smallest absolute Gasteiger partial charge is 0.142 e. The maximum absolute atomic E-state index is 6.37. The number of benzene rings is 2. The lowest BCUT2D eigenvalue weighted by Gasteiger charge is -2.32. The summed E-state index contributed by atoms with van der Waals surface area (Å²) in [5, 5.41) is 6.87. The largest absolute Gasteiger partial charge is 0.494 e. The highest BCUT2D eigenvalue weighted by atomic mass is 16.5. The van der Waals surface area contributed by atoms with Gasteiger partial charge in [0.15, 0.2) is 0 Å². The minimum absolute atomic E-state index is 0.146. The van der Waals surface area contributed by atoms with Crippen LogP contribution >= 0.6 is 0 Å². The van der Waals surface area contributed by atoms with Gasteiger partial charge >= 0.3 is 0 Å². The Morgan fingerprint density at radius 1 is 1.07 bits per heavy atom. The normalized spacial score (nSPS) is 20.7. The second-order valence-electron chi connectivity index (χ2n) is 7.82. The third-order valence-corrected chi connectivity index (χ3v) is 5.68. The fourth-order valence-corrected chi connectivity index (χ4v) is 4.07. The molecular weight excluding hydrogens is 380 g/mol. The molecule has 2 heterocycles. The summed E-state index contributed by atoms with van der Waals surface area (Å²) in [4.78, 5) is 0. The number of piperidine rings is 1. The lowest BCUT2D eigenvalue weighted by molar-refractivity contribution is 0.0106. The second-order valence-corrected chi connectivity index (χ2v) is 7.82. The molecule has 1 saturated heterocycles. The number of hydrogen-bond donors (Lipinski definition) is 2. The van der Waals surface area contributed by atoms with Crippen LogP contribution in [-0.4, -0.2) is 52.7 Å². The van der Waals surface area contributed by atoms with Crippen molar-refractivity contribution in [2.75, 3.05) is 51.9 Å². The van der Waals surface area contributed by atoms with Crippen molar-refractivity contribution in [2.45, 2.75) is 31.5 Å². The van der Waals surface area contributed by atoms with Gasteiger partial charge in [-0.2, -0.15) is 0 Å². The summed E-state index contributed by atoms with van der Waals surface area (Å²) < 4.78 is 22.9. The first kappa shape index (κ1) is 21.0. The molecule has 2 aromatic rings. The van der Waals surface area contributed by atoms with Crippen molar-refractivity contribution < 1.29 is 18.9 Å². The fraction of sp³-hybridized carbons (Fsp3) is 0.500. The lowest BCUT2D eigenvalue weighted by atomic mass is 9.87. The molecule has 2 aliphatic heterocycles. The Morgan fingerprint density at radius 3 is 2.83 bits per heavy atom. The quantitative estimate of drug-likeness (QED) is 0.614. The van der Waals surface area contributed by atoms with Crippen molar-refractivity contribution in [1.82, 2.24) is 5.32 Å². The van der Waals surface area contributed by atoms with E-state index in [0.29, 0.717) is 19.1 Å². The Balaban J connectivity index is 1.34. The van der Waals surface area contributed by atoms with Gasteiger partial charge in [-0.1, -0.05) is 18.2 Å². The van der Waals surface area contributed by atoms with E-state index in [1.54, 1.807) is 7.11 Å². The maximum Gasteiger partial charge on any atom is 0.142 e. The number of hydrogen-bond acceptors (Lipinski definition) is 6. The lowest BCUT2D eigenvalue weighted by Crippen LogP contribution is -2.40. The standard InChI is InChI=1S/C24H32N2O4/c1-27-12-2-13-28-20-6-4-19(5-7-20)21-9-10-25-16-24(21)30-17-18-3-8-23-22(15-18)26-11-14-29-23/h3-8,15,21,24-26H,2,9-14,16-17H2,1H3/t21?,24-/m0/s1. The van der Waals surface area contributed by atoms with Crippen LogP contribution in [0.5, 0.6) is 11.5 Å². The molecule has 0 bridgehead atoms. The summed E-state index contributed by atoms with van der Waals surface area (Å²) in [6.45, 7) is 5.43. The van der Waals surface area contributed by atoms with Crippen LogP contribution in [-0.2, 0) is 16.1 Å². The van der Waals surface area contributed by atoms with Crippen LogP contribution < -0.4 is 20.1 Å². The van der Waals surface area contributed by atoms with E-state index in [1.165, 1.54) is 5.56 Å². The molecule has 0 amide bonds. The molecule has 4 rings (SSSR count). The molecule has 1 fully saturated rings. The molecule has 0 radical (unpaired) electrons. The van der Waals surface area contributed by atoms with E-state index in [4.69, 9.17) is 18.9 Å². The molecule has 2 aromatic carbocycles. The number of anilines is 1. The van der Waals surface area contributed by atoms with Crippen molar-refractivity contribution in [1.29, 1.82) is 0 Å². The van der Waals surface area contributed by atoms with Gasteiger partial charge in [0.05, 0.1) is 25.0 Å². The molecule has 2 N–H and O–H groups in total. The average molecular weight is 413 g/mol. The predicted molar refractivity (Wildman–Crippen MR) is 118 cm³/mol. The molecule has 0 aromatic heterocycles. The Morgan fingerprint density at radius 2 is 1.97 bits per heavy atom. The summed E-state index contributed by atoms with van der Waals surface area (Å²) in [5.41, 5.74) is 3.53. The fourth-order valence-electron chi connectivity index (χ4n) is 4.07. The summed E-state index contributed by atoms with van der Waals surface area (Å²) in [6, 6.07) is 14.7. The van der Waals surface area contributed by atoms with Crippen LogP contribution in [0.3, 0.4) is 0 Å². The Bertz CT molecular complexity index is 796. The van der Waals surface area contributed by atoms with Crippen molar-refractivity contribution in [2.24, 2.45) is 0 Å². The van der Waals surface area contributed by atoms with Crippen molar-refractivity contribution in [3.8, 4) is 11.5 Å². The van der Waals surface area contributed by atoms with Gasteiger partial charge in [0.1, 0.15) is 18.1 Å². The summed E-state index contributed by atoms with van der Waals surface area (Å²) in [5.74, 6) is 2.21. The van der Waals surface area contributed by atoms with Crippen LogP contribution in [0.2, 0.25) is 0 Å². The van der Waals surface area contributed by atoms with E-state index in [9.17, 15) is 0 Å². The van der Waals surface area contributed by atoms with Gasteiger partial charge in [0.2, 0.25) is 0 Å². The average Bonchev–Trinajstić information content (AvgIpc) is 2.81. The second kappa shape index (κ2) is 10.7. The molecule has 0 saturated carbocycles. The van der Waals surface area contributed by atoms with Crippen molar-refractivity contribution in [3.63, 3.8) is 0 Å². The topological polar surface area (TPSA) is 61.0 Å². The number of methoxy groups -OCH3 is 1. The number of rotatable bonds is 9. The molecule has 1 unspecified atom stereocenters. The highest BCUT2D eigenvalue weighted by molar-refractivity contribution is 5.59. The predicted octanol–water partition coefficient (Wildman–Crippen LogP) is 3.57. The summed E-state index contributed by atoms with van der Waals surface area (Å²) in [6.07, 6.45) is 2.11. The van der Waals surface area contributed by atoms with Gasteiger partial charge in [-0.05, 0) is 48.4 Å². The van der Waals surface area contributed by atoms with Gasteiger partial charge < -0.3 is 29.6 Å². The molecule has 2 aliphatic rings. The zero-order valence-electron chi connectivity index (χ0n) is 17.7. The molecule has 0 aliphatic carbocycles. The van der Waals surface area contributed by atoms with E-state index in [0.717, 1.165) is 68.4 Å². The van der Waals surface area contributed by atoms with Crippen LogP contribution in [0.25, 0.3) is 0 Å².